The molecule has 0 saturated carbocycles. The van der Waals surface area contributed by atoms with Crippen molar-refractivity contribution in [3.8, 4) is 0 Å². The van der Waals surface area contributed by atoms with Crippen LogP contribution in [0.25, 0.3) is 0 Å². The number of halogens is 1. The Bertz CT molecular complexity index is 760. The molecule has 0 bridgehead atoms. The molecule has 2 aromatic carbocycles. The monoisotopic (exact) mass is 397 g/mol. The summed E-state index contributed by atoms with van der Waals surface area (Å²) in [5.41, 5.74) is 1.89. The summed E-state index contributed by atoms with van der Waals surface area (Å²) in [5, 5.41) is 0. The average molecular weight is 398 g/mol. The van der Waals surface area contributed by atoms with E-state index in [0.717, 1.165) is 15.6 Å². The van der Waals surface area contributed by atoms with Crippen LogP contribution in [0, 0.1) is 0 Å². The lowest BCUT2D eigenvalue weighted by molar-refractivity contribution is 0.0652. The van der Waals surface area contributed by atoms with E-state index < -0.39 is 10.0 Å². The van der Waals surface area contributed by atoms with Gasteiger partial charge in [0.1, 0.15) is 0 Å². The number of ether oxygens (including phenoxy) is 1. The first-order chi connectivity index (χ1) is 10.9. The van der Waals surface area contributed by atoms with Gasteiger partial charge in [0.2, 0.25) is 10.0 Å². The normalized spacial score (nSPS) is 11.8. The smallest absolute Gasteiger partial charge is 0.240 e. The van der Waals surface area contributed by atoms with Gasteiger partial charge in [-0.25, -0.2) is 13.1 Å². The van der Waals surface area contributed by atoms with Crippen molar-refractivity contribution in [2.24, 2.45) is 0 Å². The highest BCUT2D eigenvalue weighted by Crippen LogP contribution is 2.17. The number of nitrogens with one attached hydrogen (secondary N) is 1. The lowest BCUT2D eigenvalue weighted by atomic mass is 10.1. The van der Waals surface area contributed by atoms with Crippen LogP contribution in [0.1, 0.15) is 25.0 Å². The lowest BCUT2D eigenvalue weighted by Crippen LogP contribution is -2.24. The van der Waals surface area contributed by atoms with Gasteiger partial charge < -0.3 is 4.74 Å². The van der Waals surface area contributed by atoms with Crippen molar-refractivity contribution < 1.29 is 13.2 Å². The molecular weight excluding hydrogens is 378 g/mol. The first-order valence-corrected chi connectivity index (χ1v) is 9.60. The van der Waals surface area contributed by atoms with E-state index in [9.17, 15) is 8.42 Å². The Morgan fingerprint density at radius 2 is 1.78 bits per heavy atom. The van der Waals surface area contributed by atoms with Gasteiger partial charge in [-0.05, 0) is 43.2 Å². The number of sulfonamides is 1. The molecule has 0 amide bonds. The first kappa shape index (κ1) is 18.1. The van der Waals surface area contributed by atoms with Crippen LogP contribution in [-0.4, -0.2) is 14.5 Å². The minimum Gasteiger partial charge on any atom is -0.374 e. The fourth-order valence-corrected chi connectivity index (χ4v) is 3.62. The van der Waals surface area contributed by atoms with Crippen molar-refractivity contribution in [2.45, 2.75) is 38.0 Å². The standard InChI is InChI=1S/C17H20BrNO3S/c1-13(2)22-12-15-7-4-3-6-14(15)11-19-23(20,21)17-9-5-8-16(18)10-17/h3-10,13,19H,11-12H2,1-2H3. The molecule has 0 saturated heterocycles. The Morgan fingerprint density at radius 3 is 2.43 bits per heavy atom. The molecule has 4 nitrogen and oxygen atoms in total. The molecule has 2 rings (SSSR count). The zero-order valence-corrected chi connectivity index (χ0v) is 15.5. The molecule has 0 spiro atoms. The van der Waals surface area contributed by atoms with Crippen LogP contribution in [0.2, 0.25) is 0 Å². The third-order valence-corrected chi connectivity index (χ3v) is 5.14. The summed E-state index contributed by atoms with van der Waals surface area (Å²) in [6.45, 7) is 4.64. The Morgan fingerprint density at radius 1 is 1.09 bits per heavy atom. The third kappa shape index (κ3) is 5.42. The van der Waals surface area contributed by atoms with Gasteiger partial charge >= 0.3 is 0 Å². The zero-order chi connectivity index (χ0) is 16.9. The highest BCUT2D eigenvalue weighted by molar-refractivity contribution is 9.10. The van der Waals surface area contributed by atoms with Crippen LogP contribution >= 0.6 is 15.9 Å². The summed E-state index contributed by atoms with van der Waals surface area (Å²) < 4.78 is 33.7. The molecule has 0 unspecified atom stereocenters. The topological polar surface area (TPSA) is 55.4 Å². The van der Waals surface area contributed by atoms with Crippen LogP contribution in [-0.2, 0) is 27.9 Å². The van der Waals surface area contributed by atoms with Crippen LogP contribution in [0.4, 0.5) is 0 Å². The molecule has 6 heteroatoms. The van der Waals surface area contributed by atoms with Gasteiger partial charge in [0.15, 0.2) is 0 Å². The van der Waals surface area contributed by atoms with Gasteiger partial charge in [0, 0.05) is 11.0 Å². The molecule has 2 aromatic rings. The molecule has 0 atom stereocenters. The second kappa shape index (κ2) is 8.06. The number of benzene rings is 2. The summed E-state index contributed by atoms with van der Waals surface area (Å²) in [5.74, 6) is 0. The van der Waals surface area contributed by atoms with Gasteiger partial charge in [0.05, 0.1) is 17.6 Å². The minimum atomic E-state index is -3.55. The fraction of sp³-hybridized carbons (Fsp3) is 0.294. The summed E-state index contributed by atoms with van der Waals surface area (Å²) >= 11 is 3.29. The molecular formula is C17H20BrNO3S. The molecule has 0 aliphatic rings. The van der Waals surface area contributed by atoms with E-state index in [0.29, 0.717) is 6.61 Å². The molecule has 1 N–H and O–H groups in total. The van der Waals surface area contributed by atoms with Crippen LogP contribution < -0.4 is 4.72 Å². The maximum Gasteiger partial charge on any atom is 0.240 e. The summed E-state index contributed by atoms with van der Waals surface area (Å²) in [4.78, 5) is 0.239. The molecule has 23 heavy (non-hydrogen) atoms. The Balaban J connectivity index is 2.11. The van der Waals surface area contributed by atoms with Crippen molar-refractivity contribution in [1.82, 2.24) is 4.72 Å². The van der Waals surface area contributed by atoms with Crippen LogP contribution in [0.5, 0.6) is 0 Å². The highest BCUT2D eigenvalue weighted by atomic mass is 79.9. The molecule has 0 fully saturated rings. The maximum absolute atomic E-state index is 12.4. The molecule has 0 aliphatic heterocycles. The summed E-state index contributed by atoms with van der Waals surface area (Å²) in [6.07, 6.45) is 0.126. The molecule has 0 heterocycles. The Kier molecular flexibility index (Phi) is 6.35. The SMILES string of the molecule is CC(C)OCc1ccccc1CNS(=O)(=O)c1cccc(Br)c1. The van der Waals surface area contributed by atoms with Crippen LogP contribution in [0.3, 0.4) is 0 Å². The van der Waals surface area contributed by atoms with E-state index in [-0.39, 0.29) is 17.5 Å². The Labute approximate surface area is 146 Å². The van der Waals surface area contributed by atoms with E-state index >= 15 is 0 Å². The molecule has 0 aromatic heterocycles. The number of rotatable bonds is 7. The predicted octanol–water partition coefficient (Wildman–Crippen LogP) is 3.85. The zero-order valence-electron chi connectivity index (χ0n) is 13.1. The van der Waals surface area contributed by atoms with Crippen molar-refractivity contribution in [3.63, 3.8) is 0 Å². The maximum atomic E-state index is 12.4. The summed E-state index contributed by atoms with van der Waals surface area (Å²) in [7, 11) is -3.55. The van der Waals surface area contributed by atoms with Gasteiger partial charge in [-0.15, -0.1) is 0 Å². The second-order valence-electron chi connectivity index (χ2n) is 5.41. The minimum absolute atomic E-state index is 0.126. The number of hydrogen-bond acceptors (Lipinski definition) is 3. The van der Waals surface area contributed by atoms with E-state index in [2.05, 4.69) is 20.7 Å². The number of hydrogen-bond donors (Lipinski definition) is 1. The van der Waals surface area contributed by atoms with Crippen molar-refractivity contribution in [3.05, 3.63) is 64.1 Å². The largest absolute Gasteiger partial charge is 0.374 e. The molecule has 0 radical (unpaired) electrons. The van der Waals surface area contributed by atoms with Crippen molar-refractivity contribution in [1.29, 1.82) is 0 Å². The van der Waals surface area contributed by atoms with E-state index in [1.807, 2.05) is 38.1 Å². The van der Waals surface area contributed by atoms with Crippen molar-refractivity contribution in [2.75, 3.05) is 0 Å². The van der Waals surface area contributed by atoms with Crippen LogP contribution in [0.15, 0.2) is 57.9 Å². The molecule has 0 aliphatic carbocycles. The van der Waals surface area contributed by atoms with Gasteiger partial charge in [0.25, 0.3) is 0 Å². The Hall–Kier alpha value is -1.21. The highest BCUT2D eigenvalue weighted by Gasteiger charge is 2.14. The van der Waals surface area contributed by atoms with E-state index in [1.165, 1.54) is 0 Å². The van der Waals surface area contributed by atoms with E-state index in [4.69, 9.17) is 4.74 Å². The van der Waals surface area contributed by atoms with Gasteiger partial charge in [-0.3, -0.25) is 0 Å². The molecule has 124 valence electrons. The predicted molar refractivity (Wildman–Crippen MR) is 94.5 cm³/mol. The fourth-order valence-electron chi connectivity index (χ4n) is 2.02. The average Bonchev–Trinajstić information content (AvgIpc) is 2.51. The summed E-state index contributed by atoms with van der Waals surface area (Å²) in [6, 6.07) is 14.3. The van der Waals surface area contributed by atoms with E-state index in [1.54, 1.807) is 24.3 Å². The van der Waals surface area contributed by atoms with Gasteiger partial charge in [-0.1, -0.05) is 46.3 Å². The first-order valence-electron chi connectivity index (χ1n) is 7.32. The van der Waals surface area contributed by atoms with Gasteiger partial charge in [-0.2, -0.15) is 0 Å². The lowest BCUT2D eigenvalue weighted by Gasteiger charge is -2.13. The quantitative estimate of drug-likeness (QED) is 0.771. The van der Waals surface area contributed by atoms with Crippen molar-refractivity contribution >= 4 is 26.0 Å². The third-order valence-electron chi connectivity index (χ3n) is 3.25. The second-order valence-corrected chi connectivity index (χ2v) is 8.09.